The summed E-state index contributed by atoms with van der Waals surface area (Å²) in [5.74, 6) is 0.303. The first-order chi connectivity index (χ1) is 29.5. The van der Waals surface area contributed by atoms with Crippen LogP contribution >= 0.6 is 0 Å². The van der Waals surface area contributed by atoms with Gasteiger partial charge in [0, 0.05) is 39.6 Å². The zero-order valence-electron chi connectivity index (χ0n) is 33.6. The Hall–Kier alpha value is -7.16. The van der Waals surface area contributed by atoms with Gasteiger partial charge in [0.25, 0.3) is 0 Å². The van der Waals surface area contributed by atoms with Gasteiger partial charge in [0.2, 0.25) is 0 Å². The standard InChI is InChI=1S/C58H41NO/c1-57(2)47-26-11-6-19-38(47)42-32-31-37(35-51(42)57)59(36-17-4-3-5-18-36)52-34-33-45(56-54(52)46-23-10-15-30-53(46)60-56)44-25-16-24-43-41-22-9-14-29-50(41)58(55(43)44)48-27-12-7-20-39(48)40-21-8-13-28-49(40)58/h3-35,43,55H,1-2H3. The van der Waals surface area contributed by atoms with E-state index in [1.165, 1.54) is 61.2 Å². The summed E-state index contributed by atoms with van der Waals surface area (Å²) >= 11 is 0. The van der Waals surface area contributed by atoms with Gasteiger partial charge in [-0.15, -0.1) is 0 Å². The quantitative estimate of drug-likeness (QED) is 0.177. The van der Waals surface area contributed by atoms with Crippen molar-refractivity contribution < 1.29 is 4.42 Å². The Morgan fingerprint density at radius 2 is 1.10 bits per heavy atom. The lowest BCUT2D eigenvalue weighted by molar-refractivity contribution is 0.480. The van der Waals surface area contributed by atoms with Crippen molar-refractivity contribution in [3.63, 3.8) is 0 Å². The van der Waals surface area contributed by atoms with Gasteiger partial charge in [0.1, 0.15) is 11.2 Å². The number of hydrogen-bond donors (Lipinski definition) is 0. The van der Waals surface area contributed by atoms with Crippen LogP contribution in [0.15, 0.2) is 205 Å². The number of para-hydroxylation sites is 2. The molecule has 0 N–H and O–H groups in total. The van der Waals surface area contributed by atoms with Gasteiger partial charge < -0.3 is 9.32 Å². The van der Waals surface area contributed by atoms with Gasteiger partial charge in [-0.1, -0.05) is 172 Å². The maximum absolute atomic E-state index is 7.17. The number of rotatable bonds is 4. The van der Waals surface area contributed by atoms with Gasteiger partial charge in [0.15, 0.2) is 0 Å². The molecule has 13 rings (SSSR count). The molecule has 2 unspecified atom stereocenters. The van der Waals surface area contributed by atoms with Crippen molar-refractivity contribution in [3.8, 4) is 22.3 Å². The van der Waals surface area contributed by atoms with Crippen molar-refractivity contribution in [2.45, 2.75) is 30.6 Å². The molecule has 4 aliphatic rings. The predicted octanol–water partition coefficient (Wildman–Crippen LogP) is 15.0. The van der Waals surface area contributed by atoms with Crippen molar-refractivity contribution in [3.05, 3.63) is 239 Å². The molecule has 2 nitrogen and oxygen atoms in total. The van der Waals surface area contributed by atoms with Crippen molar-refractivity contribution >= 4 is 44.6 Å². The van der Waals surface area contributed by atoms with Crippen molar-refractivity contribution in [2.24, 2.45) is 5.92 Å². The molecule has 9 aromatic rings. The molecular formula is C58H41NO. The second-order valence-corrected chi connectivity index (χ2v) is 17.5. The molecule has 0 saturated carbocycles. The molecule has 0 bridgehead atoms. The minimum absolute atomic E-state index is 0.109. The summed E-state index contributed by atoms with van der Waals surface area (Å²) in [6, 6.07) is 67.6. The highest BCUT2D eigenvalue weighted by Crippen LogP contribution is 2.68. The third kappa shape index (κ3) is 4.28. The first-order valence-corrected chi connectivity index (χ1v) is 21.3. The number of furan rings is 1. The molecule has 1 heterocycles. The topological polar surface area (TPSA) is 16.4 Å². The van der Waals surface area contributed by atoms with Gasteiger partial charge in [-0.05, 0) is 104 Å². The first kappa shape index (κ1) is 33.8. The maximum Gasteiger partial charge on any atom is 0.145 e. The van der Waals surface area contributed by atoms with E-state index in [9.17, 15) is 0 Å². The lowest BCUT2D eigenvalue weighted by atomic mass is 9.62. The molecule has 8 aromatic carbocycles. The van der Waals surface area contributed by atoms with Crippen LogP contribution in [0.5, 0.6) is 0 Å². The summed E-state index contributed by atoms with van der Waals surface area (Å²) in [7, 11) is 0. The molecule has 60 heavy (non-hydrogen) atoms. The zero-order valence-corrected chi connectivity index (χ0v) is 33.6. The molecule has 0 saturated heterocycles. The van der Waals surface area contributed by atoms with E-state index in [0.717, 1.165) is 44.6 Å². The summed E-state index contributed by atoms with van der Waals surface area (Å²) < 4.78 is 7.17. The highest BCUT2D eigenvalue weighted by Gasteiger charge is 2.59. The fourth-order valence-electron chi connectivity index (χ4n) is 12.0. The van der Waals surface area contributed by atoms with Crippen LogP contribution in [0.4, 0.5) is 17.1 Å². The van der Waals surface area contributed by atoms with E-state index < -0.39 is 0 Å². The Balaban J connectivity index is 1.06. The summed E-state index contributed by atoms with van der Waals surface area (Å²) in [5, 5.41) is 2.24. The Labute approximate surface area is 350 Å². The molecule has 0 amide bonds. The fraction of sp³-hybridized carbons (Fsp3) is 0.103. The second kappa shape index (κ2) is 12.2. The second-order valence-electron chi connectivity index (χ2n) is 17.5. The lowest BCUT2D eigenvalue weighted by Gasteiger charge is -2.39. The van der Waals surface area contributed by atoms with Crippen LogP contribution < -0.4 is 4.90 Å². The Kier molecular flexibility index (Phi) is 6.86. The van der Waals surface area contributed by atoms with Gasteiger partial charge >= 0.3 is 0 Å². The summed E-state index contributed by atoms with van der Waals surface area (Å²) in [5.41, 5.74) is 20.7. The number of hydrogen-bond acceptors (Lipinski definition) is 2. The van der Waals surface area contributed by atoms with Crippen LogP contribution in [0.3, 0.4) is 0 Å². The van der Waals surface area contributed by atoms with Crippen LogP contribution in [0.1, 0.15) is 58.7 Å². The zero-order chi connectivity index (χ0) is 39.7. The largest absolute Gasteiger partial charge is 0.455 e. The van der Waals surface area contributed by atoms with Crippen molar-refractivity contribution in [1.82, 2.24) is 0 Å². The normalized spacial score (nSPS) is 18.1. The minimum Gasteiger partial charge on any atom is -0.455 e. The average Bonchev–Trinajstić information content (AvgIpc) is 4.00. The highest BCUT2D eigenvalue weighted by molar-refractivity contribution is 6.16. The average molecular weight is 768 g/mol. The third-order valence-corrected chi connectivity index (χ3v) is 14.4. The summed E-state index contributed by atoms with van der Waals surface area (Å²) in [6.07, 6.45) is 7.12. The fourth-order valence-corrected chi connectivity index (χ4v) is 12.0. The van der Waals surface area contributed by atoms with E-state index in [2.05, 4.69) is 219 Å². The van der Waals surface area contributed by atoms with Crippen molar-refractivity contribution in [1.29, 1.82) is 0 Å². The predicted molar refractivity (Wildman–Crippen MR) is 248 cm³/mol. The van der Waals surface area contributed by atoms with E-state index in [1.807, 2.05) is 0 Å². The third-order valence-electron chi connectivity index (χ3n) is 14.4. The smallest absolute Gasteiger partial charge is 0.145 e. The SMILES string of the molecule is CC1(C)c2ccccc2-c2ccc(N(c3ccccc3)c3ccc(C4=CC=CC5c6ccccc6C6(c7ccccc7-c7ccccc76)C45)c4oc5ccccc5c34)cc21. The molecule has 1 aromatic heterocycles. The summed E-state index contributed by atoms with van der Waals surface area (Å²) in [4.78, 5) is 2.45. The number of allylic oxidation sites excluding steroid dienone is 4. The van der Waals surface area contributed by atoms with Crippen LogP contribution in [-0.2, 0) is 10.8 Å². The number of benzene rings is 8. The minimum atomic E-state index is -0.368. The van der Waals surface area contributed by atoms with Crippen molar-refractivity contribution in [2.75, 3.05) is 4.90 Å². The van der Waals surface area contributed by atoms with Gasteiger partial charge in [-0.3, -0.25) is 0 Å². The maximum atomic E-state index is 7.17. The first-order valence-electron chi connectivity index (χ1n) is 21.3. The number of fused-ring (bicyclic) bond motifs is 16. The van der Waals surface area contributed by atoms with Gasteiger partial charge in [0.05, 0.1) is 16.5 Å². The molecule has 4 aliphatic carbocycles. The van der Waals surface area contributed by atoms with Crippen LogP contribution in [0, 0.1) is 5.92 Å². The molecule has 2 atom stereocenters. The Bertz CT molecular complexity index is 3280. The summed E-state index contributed by atoms with van der Waals surface area (Å²) in [6.45, 7) is 4.72. The Morgan fingerprint density at radius 1 is 0.500 bits per heavy atom. The van der Waals surface area contributed by atoms with E-state index >= 15 is 0 Å². The van der Waals surface area contributed by atoms with Crippen LogP contribution in [0.25, 0.3) is 49.8 Å². The highest BCUT2D eigenvalue weighted by atomic mass is 16.3. The molecule has 0 radical (unpaired) electrons. The molecule has 0 aliphatic heterocycles. The van der Waals surface area contributed by atoms with E-state index in [0.29, 0.717) is 0 Å². The molecule has 284 valence electrons. The molecule has 2 heteroatoms. The number of anilines is 3. The van der Waals surface area contributed by atoms with Crippen LogP contribution in [-0.4, -0.2) is 0 Å². The number of nitrogens with zero attached hydrogens (tertiary/aromatic N) is 1. The van der Waals surface area contributed by atoms with E-state index in [1.54, 1.807) is 0 Å². The Morgan fingerprint density at radius 3 is 1.87 bits per heavy atom. The molecule has 1 spiro atoms. The van der Waals surface area contributed by atoms with E-state index in [4.69, 9.17) is 4.42 Å². The monoisotopic (exact) mass is 767 g/mol. The molecular weight excluding hydrogens is 727 g/mol. The molecule has 0 fully saturated rings. The lowest BCUT2D eigenvalue weighted by Crippen LogP contribution is -2.35. The van der Waals surface area contributed by atoms with Gasteiger partial charge in [-0.25, -0.2) is 0 Å². The van der Waals surface area contributed by atoms with Gasteiger partial charge in [-0.2, -0.15) is 0 Å². The van der Waals surface area contributed by atoms with Crippen LogP contribution in [0.2, 0.25) is 0 Å². The van der Waals surface area contributed by atoms with E-state index in [-0.39, 0.29) is 22.7 Å².